The van der Waals surface area contributed by atoms with E-state index in [1.165, 1.54) is 12.1 Å². The van der Waals surface area contributed by atoms with E-state index in [0.29, 0.717) is 17.4 Å². The Morgan fingerprint density at radius 3 is 2.04 bits per heavy atom. The number of carbonyl (C=O) groups is 2. The molecule has 0 aliphatic carbocycles. The third kappa shape index (κ3) is 4.64. The van der Waals surface area contributed by atoms with Crippen molar-refractivity contribution >= 4 is 12.1 Å². The molecule has 138 valence electrons. The molecule has 0 spiro atoms. The zero-order chi connectivity index (χ0) is 20.0. The van der Waals surface area contributed by atoms with E-state index in [-0.39, 0.29) is 11.3 Å². The molecule has 3 aromatic rings. The molecule has 6 heteroatoms. The van der Waals surface area contributed by atoms with Crippen LogP contribution in [0.3, 0.4) is 0 Å². The number of carbonyl (C=O) groups excluding carboxylic acids is 2. The Morgan fingerprint density at radius 1 is 0.815 bits per heavy atom. The summed E-state index contributed by atoms with van der Waals surface area (Å²) in [4.78, 5) is 22.2. The molecule has 0 unspecified atom stereocenters. The Labute approximate surface area is 155 Å². The molecule has 3 aromatic carbocycles. The van der Waals surface area contributed by atoms with Gasteiger partial charge in [0.15, 0.2) is 23.6 Å². The van der Waals surface area contributed by atoms with Crippen molar-refractivity contribution in [2.45, 2.75) is 6.92 Å². The Morgan fingerprint density at radius 2 is 1.44 bits per heavy atom. The van der Waals surface area contributed by atoms with Gasteiger partial charge in [-0.2, -0.15) is 0 Å². The first-order chi connectivity index (χ1) is 12.8. The van der Waals surface area contributed by atoms with Crippen LogP contribution in [-0.4, -0.2) is 32.5 Å². The zero-order valence-corrected chi connectivity index (χ0v) is 14.5. The van der Waals surface area contributed by atoms with Gasteiger partial charge < -0.3 is 20.4 Å². The molecule has 27 heavy (non-hydrogen) atoms. The second kappa shape index (κ2) is 8.53. The van der Waals surface area contributed by atoms with E-state index in [2.05, 4.69) is 0 Å². The number of phenols is 4. The fraction of sp³-hybridized carbons (Fsp3) is 0.0476. The number of phenolic OH excluding ortho intramolecular Hbond substituents is 4. The summed E-state index contributed by atoms with van der Waals surface area (Å²) >= 11 is 0. The molecule has 0 aliphatic heterocycles. The molecule has 6 nitrogen and oxygen atoms in total. The van der Waals surface area contributed by atoms with Gasteiger partial charge in [-0.25, -0.2) is 0 Å². The van der Waals surface area contributed by atoms with Crippen LogP contribution in [0, 0.1) is 6.92 Å². The average Bonchev–Trinajstić information content (AvgIpc) is 2.69. The zero-order valence-electron chi connectivity index (χ0n) is 14.5. The van der Waals surface area contributed by atoms with Crippen molar-refractivity contribution in [3.8, 4) is 23.0 Å². The number of ketones is 1. The normalized spacial score (nSPS) is 9.81. The lowest BCUT2D eigenvalue weighted by Crippen LogP contribution is -2.01. The van der Waals surface area contributed by atoms with Gasteiger partial charge in [0.05, 0.1) is 11.1 Å². The molecule has 0 radical (unpaired) electrons. The van der Waals surface area contributed by atoms with Gasteiger partial charge in [-0.1, -0.05) is 42.0 Å². The summed E-state index contributed by atoms with van der Waals surface area (Å²) in [5, 5.41) is 37.1. The van der Waals surface area contributed by atoms with Gasteiger partial charge in [0.1, 0.15) is 5.75 Å². The quantitative estimate of drug-likeness (QED) is 0.320. The maximum Gasteiger partial charge on any atom is 0.201 e. The summed E-state index contributed by atoms with van der Waals surface area (Å²) in [5.74, 6) is -2.14. The van der Waals surface area contributed by atoms with Gasteiger partial charge in [-0.05, 0) is 31.2 Å². The highest BCUT2D eigenvalue weighted by atomic mass is 16.3. The number of hydrogen-bond acceptors (Lipinski definition) is 6. The average molecular weight is 366 g/mol. The molecule has 0 aromatic heterocycles. The number of aldehydes is 1. The van der Waals surface area contributed by atoms with E-state index in [1.54, 1.807) is 42.5 Å². The third-order valence-electron chi connectivity index (χ3n) is 3.72. The van der Waals surface area contributed by atoms with Crippen LogP contribution in [0.25, 0.3) is 0 Å². The molecule has 0 atom stereocenters. The van der Waals surface area contributed by atoms with Crippen molar-refractivity contribution < 1.29 is 30.0 Å². The highest BCUT2D eigenvalue weighted by Gasteiger charge is 2.18. The van der Waals surface area contributed by atoms with Crippen molar-refractivity contribution in [1.82, 2.24) is 0 Å². The lowest BCUT2D eigenvalue weighted by Gasteiger charge is -2.06. The van der Waals surface area contributed by atoms with E-state index < -0.39 is 23.0 Å². The number of hydrogen-bond donors (Lipinski definition) is 4. The first kappa shape index (κ1) is 19.5. The van der Waals surface area contributed by atoms with Gasteiger partial charge in [0.25, 0.3) is 0 Å². The summed E-state index contributed by atoms with van der Waals surface area (Å²) in [5.41, 5.74) is 1.67. The van der Waals surface area contributed by atoms with Crippen molar-refractivity contribution in [3.05, 3.63) is 82.9 Å². The minimum Gasteiger partial charge on any atom is -0.507 e. The summed E-state index contributed by atoms with van der Waals surface area (Å²) in [6.07, 6.45) is 0.641. The van der Waals surface area contributed by atoms with Crippen LogP contribution in [0.4, 0.5) is 0 Å². The highest BCUT2D eigenvalue weighted by molar-refractivity contribution is 6.11. The maximum absolute atomic E-state index is 12.0. The minimum atomic E-state index is -0.688. The van der Waals surface area contributed by atoms with E-state index in [1.807, 2.05) is 6.92 Å². The Balaban J connectivity index is 0.000000223. The lowest BCUT2D eigenvalue weighted by molar-refractivity contribution is 0.103. The first-order valence-electron chi connectivity index (χ1n) is 7.93. The minimum absolute atomic E-state index is 0.0422. The molecule has 0 heterocycles. The van der Waals surface area contributed by atoms with Gasteiger partial charge in [0, 0.05) is 5.56 Å². The predicted octanol–water partition coefficient (Wildman–Crippen LogP) is 3.55. The van der Waals surface area contributed by atoms with Crippen LogP contribution < -0.4 is 0 Å². The highest BCUT2D eigenvalue weighted by Crippen LogP contribution is 2.37. The van der Waals surface area contributed by atoms with Crippen LogP contribution in [0.1, 0.15) is 31.8 Å². The topological polar surface area (TPSA) is 115 Å². The molecule has 4 N–H and O–H groups in total. The van der Waals surface area contributed by atoms with Gasteiger partial charge in [-0.3, -0.25) is 9.59 Å². The van der Waals surface area contributed by atoms with Gasteiger partial charge in [-0.15, -0.1) is 0 Å². The SMILES string of the molecule is Cc1ccc(O)c(C=O)c1.O=C(c1ccccc1)c1ccc(O)c(O)c1O. The molecular weight excluding hydrogens is 348 g/mol. The van der Waals surface area contributed by atoms with Gasteiger partial charge in [0.2, 0.25) is 5.75 Å². The second-order valence-electron chi connectivity index (χ2n) is 5.70. The largest absolute Gasteiger partial charge is 0.507 e. The molecule has 0 aliphatic rings. The maximum atomic E-state index is 12.0. The van der Waals surface area contributed by atoms with Crippen molar-refractivity contribution in [2.75, 3.05) is 0 Å². The number of aryl methyl sites for hydroxylation is 1. The lowest BCUT2D eigenvalue weighted by atomic mass is 10.0. The fourth-order valence-corrected chi connectivity index (χ4v) is 2.27. The molecule has 0 saturated carbocycles. The second-order valence-corrected chi connectivity index (χ2v) is 5.70. The molecule has 0 fully saturated rings. The standard InChI is InChI=1S/C13H10O4.C8H8O2/c14-10-7-6-9(12(16)13(10)17)11(15)8-4-2-1-3-5-8;1-6-2-3-8(10)7(4-6)5-9/h1-7,14,16-17H;2-5,10H,1H3. The van der Waals surface area contributed by atoms with E-state index in [4.69, 9.17) is 10.2 Å². The fourth-order valence-electron chi connectivity index (χ4n) is 2.27. The number of benzene rings is 3. The smallest absolute Gasteiger partial charge is 0.201 e. The Hall–Kier alpha value is -3.80. The van der Waals surface area contributed by atoms with Gasteiger partial charge >= 0.3 is 0 Å². The molecule has 0 bridgehead atoms. The molecule has 3 rings (SSSR count). The first-order valence-corrected chi connectivity index (χ1v) is 7.93. The van der Waals surface area contributed by atoms with E-state index >= 15 is 0 Å². The molecule has 0 amide bonds. The van der Waals surface area contributed by atoms with Crippen molar-refractivity contribution in [1.29, 1.82) is 0 Å². The summed E-state index contributed by atoms with van der Waals surface area (Å²) in [6, 6.07) is 15.7. The Bertz CT molecular complexity index is 964. The van der Waals surface area contributed by atoms with E-state index in [9.17, 15) is 19.8 Å². The van der Waals surface area contributed by atoms with Crippen LogP contribution in [0.2, 0.25) is 0 Å². The molecular formula is C21H18O6. The van der Waals surface area contributed by atoms with E-state index in [0.717, 1.165) is 11.6 Å². The summed E-state index contributed by atoms with van der Waals surface area (Å²) in [6.45, 7) is 1.87. The van der Waals surface area contributed by atoms with Crippen LogP contribution in [-0.2, 0) is 0 Å². The van der Waals surface area contributed by atoms with Crippen LogP contribution >= 0.6 is 0 Å². The summed E-state index contributed by atoms with van der Waals surface area (Å²) < 4.78 is 0. The summed E-state index contributed by atoms with van der Waals surface area (Å²) in [7, 11) is 0. The number of aromatic hydroxyl groups is 4. The predicted molar refractivity (Wildman–Crippen MR) is 99.5 cm³/mol. The Kier molecular flexibility index (Phi) is 6.17. The van der Waals surface area contributed by atoms with Crippen LogP contribution in [0.15, 0.2) is 60.7 Å². The monoisotopic (exact) mass is 366 g/mol. The molecule has 0 saturated heterocycles. The van der Waals surface area contributed by atoms with Crippen LogP contribution in [0.5, 0.6) is 23.0 Å². The third-order valence-corrected chi connectivity index (χ3v) is 3.72. The van der Waals surface area contributed by atoms with Crippen molar-refractivity contribution in [3.63, 3.8) is 0 Å². The van der Waals surface area contributed by atoms with Crippen molar-refractivity contribution in [2.24, 2.45) is 0 Å². The number of rotatable bonds is 3.